The van der Waals surface area contributed by atoms with Gasteiger partial charge in [0.05, 0.1) is 0 Å². The first-order valence-electron chi connectivity index (χ1n) is 4.41. The molecule has 0 aliphatic rings. The molecule has 3 nitrogen and oxygen atoms in total. The van der Waals surface area contributed by atoms with Crippen molar-refractivity contribution >= 4 is 30.6 Å². The molecule has 0 aliphatic heterocycles. The predicted octanol–water partition coefficient (Wildman–Crippen LogP) is 2.41. The van der Waals surface area contributed by atoms with Crippen LogP contribution >= 0.6 is 10.7 Å². The van der Waals surface area contributed by atoms with Crippen molar-refractivity contribution in [2.75, 3.05) is 0 Å². The van der Waals surface area contributed by atoms with Crippen LogP contribution in [0.4, 0.5) is 0 Å². The van der Waals surface area contributed by atoms with E-state index in [4.69, 9.17) is 10.7 Å². The molecule has 0 N–H and O–H groups in total. The first-order chi connectivity index (χ1) is 6.93. The molecule has 0 atom stereocenters. The van der Waals surface area contributed by atoms with Crippen molar-refractivity contribution in [3.63, 3.8) is 0 Å². The lowest BCUT2D eigenvalue weighted by Crippen LogP contribution is -2.01. The minimum absolute atomic E-state index is 0.172. The topological polar surface area (TPSA) is 39.1 Å². The third kappa shape index (κ3) is 1.54. The lowest BCUT2D eigenvalue weighted by atomic mass is 10.2. The summed E-state index contributed by atoms with van der Waals surface area (Å²) in [6.45, 7) is 1.76. The fourth-order valence-corrected chi connectivity index (χ4v) is 3.46. The van der Waals surface area contributed by atoms with Crippen LogP contribution in [0.2, 0.25) is 0 Å². The fraction of sp³-hybridized carbons (Fsp3) is 0.200. The van der Waals surface area contributed by atoms with Gasteiger partial charge in [-0.25, -0.2) is 8.42 Å². The molecule has 0 spiro atoms. The van der Waals surface area contributed by atoms with Crippen molar-refractivity contribution in [3.05, 3.63) is 29.8 Å². The zero-order valence-electron chi connectivity index (χ0n) is 8.36. The van der Waals surface area contributed by atoms with Crippen molar-refractivity contribution in [1.82, 2.24) is 4.57 Å². The normalized spacial score (nSPS) is 12.2. The average molecular weight is 244 g/mol. The number of aryl methyl sites for hydroxylation is 2. The number of halogens is 1. The van der Waals surface area contributed by atoms with Crippen LogP contribution in [0, 0.1) is 6.92 Å². The van der Waals surface area contributed by atoms with E-state index in [9.17, 15) is 8.42 Å². The summed E-state index contributed by atoms with van der Waals surface area (Å²) in [7, 11) is 3.40. The highest BCUT2D eigenvalue weighted by Crippen LogP contribution is 2.29. The molecular formula is C10H10ClNO2S. The molecule has 2 aromatic rings. The third-order valence-electron chi connectivity index (χ3n) is 2.53. The second kappa shape index (κ2) is 3.25. The Balaban J connectivity index is 3.00. The number of benzene rings is 1. The minimum Gasteiger partial charge on any atom is -0.333 e. The molecule has 0 bridgehead atoms. The number of rotatable bonds is 1. The molecule has 15 heavy (non-hydrogen) atoms. The zero-order valence-corrected chi connectivity index (χ0v) is 9.93. The SMILES string of the molecule is Cc1c(S(=O)(=O)Cl)n(C)c2ccccc12. The molecule has 1 aromatic carbocycles. The molecule has 0 amide bonds. The Kier molecular flexibility index (Phi) is 2.28. The minimum atomic E-state index is -3.69. The predicted molar refractivity (Wildman–Crippen MR) is 60.7 cm³/mol. The highest BCUT2D eigenvalue weighted by Gasteiger charge is 2.21. The smallest absolute Gasteiger partial charge is 0.277 e. The molecule has 0 saturated carbocycles. The van der Waals surface area contributed by atoms with Crippen LogP contribution in [0.15, 0.2) is 29.3 Å². The first kappa shape index (κ1) is 10.5. The number of para-hydroxylation sites is 1. The summed E-state index contributed by atoms with van der Waals surface area (Å²) in [5, 5.41) is 1.09. The van der Waals surface area contributed by atoms with E-state index in [1.807, 2.05) is 24.3 Å². The van der Waals surface area contributed by atoms with Gasteiger partial charge in [-0.15, -0.1) is 0 Å². The number of aromatic nitrogens is 1. The van der Waals surface area contributed by atoms with E-state index in [1.54, 1.807) is 18.5 Å². The van der Waals surface area contributed by atoms with Crippen LogP contribution in [-0.4, -0.2) is 13.0 Å². The summed E-state index contributed by atoms with van der Waals surface area (Å²) < 4.78 is 24.4. The summed E-state index contributed by atoms with van der Waals surface area (Å²) in [6.07, 6.45) is 0. The summed E-state index contributed by atoms with van der Waals surface area (Å²) >= 11 is 0. The number of nitrogens with zero attached hydrogens (tertiary/aromatic N) is 1. The second-order valence-electron chi connectivity index (χ2n) is 3.44. The van der Waals surface area contributed by atoms with Gasteiger partial charge in [-0.3, -0.25) is 0 Å². The molecule has 0 saturated heterocycles. The first-order valence-corrected chi connectivity index (χ1v) is 6.72. The van der Waals surface area contributed by atoms with Crippen LogP contribution in [-0.2, 0) is 16.1 Å². The van der Waals surface area contributed by atoms with Crippen LogP contribution in [0.3, 0.4) is 0 Å². The van der Waals surface area contributed by atoms with Crippen LogP contribution < -0.4 is 0 Å². The van der Waals surface area contributed by atoms with E-state index >= 15 is 0 Å². The maximum atomic E-state index is 11.4. The largest absolute Gasteiger partial charge is 0.333 e. The Bertz CT molecular complexity index is 589. The Labute approximate surface area is 92.7 Å². The molecule has 0 unspecified atom stereocenters. The van der Waals surface area contributed by atoms with Gasteiger partial charge in [0.2, 0.25) is 0 Å². The standard InChI is InChI=1S/C10H10ClNO2S/c1-7-8-5-3-4-6-9(8)12(2)10(7)15(11,13)14/h3-6H,1-2H3. The van der Waals surface area contributed by atoms with Crippen LogP contribution in [0.25, 0.3) is 10.9 Å². The zero-order chi connectivity index (χ0) is 11.2. The summed E-state index contributed by atoms with van der Waals surface area (Å²) in [5.41, 5.74) is 1.57. The van der Waals surface area contributed by atoms with Crippen molar-refractivity contribution < 1.29 is 8.42 Å². The van der Waals surface area contributed by atoms with E-state index < -0.39 is 9.05 Å². The maximum Gasteiger partial charge on any atom is 0.277 e. The summed E-state index contributed by atoms with van der Waals surface area (Å²) in [5.74, 6) is 0. The van der Waals surface area contributed by atoms with Crippen molar-refractivity contribution in [1.29, 1.82) is 0 Å². The van der Waals surface area contributed by atoms with Gasteiger partial charge >= 0.3 is 0 Å². The van der Waals surface area contributed by atoms with Crippen molar-refractivity contribution in [2.24, 2.45) is 7.05 Å². The summed E-state index contributed by atoms with van der Waals surface area (Å²) in [6, 6.07) is 7.50. The molecule has 0 radical (unpaired) electrons. The molecule has 5 heteroatoms. The summed E-state index contributed by atoms with van der Waals surface area (Å²) in [4.78, 5) is 0. The third-order valence-corrected chi connectivity index (χ3v) is 4.01. The van der Waals surface area contributed by atoms with Crippen molar-refractivity contribution in [3.8, 4) is 0 Å². The Morgan fingerprint density at radius 3 is 2.40 bits per heavy atom. The van der Waals surface area contributed by atoms with Gasteiger partial charge in [-0.05, 0) is 18.6 Å². The van der Waals surface area contributed by atoms with Gasteiger partial charge < -0.3 is 4.57 Å². The lowest BCUT2D eigenvalue weighted by molar-refractivity contribution is 0.600. The Morgan fingerprint density at radius 1 is 1.27 bits per heavy atom. The van der Waals surface area contributed by atoms with Gasteiger partial charge in [0.15, 0.2) is 5.03 Å². The molecule has 0 fully saturated rings. The average Bonchev–Trinajstić information content (AvgIpc) is 2.39. The number of hydrogen-bond acceptors (Lipinski definition) is 2. The Hall–Kier alpha value is -1.00. The highest BCUT2D eigenvalue weighted by molar-refractivity contribution is 8.13. The van der Waals surface area contributed by atoms with E-state index in [0.717, 1.165) is 10.9 Å². The highest BCUT2D eigenvalue weighted by atomic mass is 35.7. The van der Waals surface area contributed by atoms with E-state index in [1.165, 1.54) is 0 Å². The van der Waals surface area contributed by atoms with Crippen LogP contribution in [0.1, 0.15) is 5.56 Å². The lowest BCUT2D eigenvalue weighted by Gasteiger charge is -2.00. The number of fused-ring (bicyclic) bond motifs is 1. The van der Waals surface area contributed by atoms with E-state index in [2.05, 4.69) is 0 Å². The van der Waals surface area contributed by atoms with E-state index in [-0.39, 0.29) is 5.03 Å². The second-order valence-corrected chi connectivity index (χ2v) is 5.93. The molecular weight excluding hydrogens is 234 g/mol. The molecule has 1 heterocycles. The monoisotopic (exact) mass is 243 g/mol. The van der Waals surface area contributed by atoms with Gasteiger partial charge in [0.25, 0.3) is 9.05 Å². The molecule has 1 aromatic heterocycles. The molecule has 2 rings (SSSR count). The quantitative estimate of drug-likeness (QED) is 0.722. The van der Waals surface area contributed by atoms with Gasteiger partial charge in [-0.1, -0.05) is 18.2 Å². The molecule has 0 aliphatic carbocycles. The van der Waals surface area contributed by atoms with E-state index in [0.29, 0.717) is 5.56 Å². The maximum absolute atomic E-state index is 11.4. The van der Waals surface area contributed by atoms with Crippen LogP contribution in [0.5, 0.6) is 0 Å². The Morgan fingerprint density at radius 2 is 1.87 bits per heavy atom. The van der Waals surface area contributed by atoms with Gasteiger partial charge in [-0.2, -0.15) is 0 Å². The van der Waals surface area contributed by atoms with Crippen molar-refractivity contribution in [2.45, 2.75) is 11.9 Å². The fourth-order valence-electron chi connectivity index (χ4n) is 1.91. The van der Waals surface area contributed by atoms with Gasteiger partial charge in [0, 0.05) is 28.6 Å². The van der Waals surface area contributed by atoms with Gasteiger partial charge in [0.1, 0.15) is 0 Å². The number of hydrogen-bond donors (Lipinski definition) is 0. The molecule has 80 valence electrons.